The Morgan fingerprint density at radius 3 is 2.55 bits per heavy atom. The predicted molar refractivity (Wildman–Crippen MR) is 131 cm³/mol. The van der Waals surface area contributed by atoms with Gasteiger partial charge in [0.1, 0.15) is 6.54 Å². The van der Waals surface area contributed by atoms with E-state index in [0.717, 1.165) is 28.9 Å². The maximum atomic E-state index is 13.2. The highest BCUT2D eigenvalue weighted by molar-refractivity contribution is 8.00. The molecule has 1 fully saturated rings. The third-order valence-corrected chi connectivity index (χ3v) is 9.15. The lowest BCUT2D eigenvalue weighted by Gasteiger charge is -2.31. The number of benzene rings is 2. The second kappa shape index (κ2) is 9.48. The molecule has 7 nitrogen and oxygen atoms in total. The molecule has 2 aromatic rings. The molecule has 0 aliphatic carbocycles. The predicted octanol–water partition coefficient (Wildman–Crippen LogP) is 3.80. The van der Waals surface area contributed by atoms with Crippen molar-refractivity contribution in [3.63, 3.8) is 0 Å². The normalized spacial score (nSPS) is 17.7. The minimum atomic E-state index is -3.66. The zero-order valence-corrected chi connectivity index (χ0v) is 20.8. The number of aryl methyl sites for hydroxylation is 2. The van der Waals surface area contributed by atoms with Crippen LogP contribution < -0.4 is 10.2 Å². The number of rotatable bonds is 5. The van der Waals surface area contributed by atoms with Gasteiger partial charge in [0, 0.05) is 23.7 Å². The Morgan fingerprint density at radius 1 is 1.12 bits per heavy atom. The molecule has 33 heavy (non-hydrogen) atoms. The largest absolute Gasteiger partial charge is 0.324 e. The summed E-state index contributed by atoms with van der Waals surface area (Å²) in [4.78, 5) is 27.9. The van der Waals surface area contributed by atoms with Crippen molar-refractivity contribution in [1.29, 1.82) is 0 Å². The van der Waals surface area contributed by atoms with Gasteiger partial charge in [-0.2, -0.15) is 4.31 Å². The van der Waals surface area contributed by atoms with E-state index in [4.69, 9.17) is 0 Å². The van der Waals surface area contributed by atoms with E-state index in [1.807, 2.05) is 32.0 Å². The second-order valence-electron chi connectivity index (χ2n) is 8.85. The van der Waals surface area contributed by atoms with Crippen LogP contribution in [0.15, 0.2) is 46.2 Å². The molecule has 1 N–H and O–H groups in total. The Bertz CT molecular complexity index is 1190. The lowest BCUT2D eigenvalue weighted by Crippen LogP contribution is -2.41. The number of fused-ring (bicyclic) bond motifs is 1. The first-order chi connectivity index (χ1) is 15.6. The molecule has 0 spiro atoms. The first-order valence-electron chi connectivity index (χ1n) is 11.1. The molecule has 0 bridgehead atoms. The summed E-state index contributed by atoms with van der Waals surface area (Å²) < 4.78 is 28.0. The van der Waals surface area contributed by atoms with Crippen LogP contribution in [-0.4, -0.2) is 49.9 Å². The van der Waals surface area contributed by atoms with Crippen molar-refractivity contribution in [3.05, 3.63) is 47.5 Å². The number of piperidine rings is 1. The number of nitrogens with zero attached hydrogens (tertiary/aromatic N) is 2. The van der Waals surface area contributed by atoms with Crippen molar-refractivity contribution in [1.82, 2.24) is 4.31 Å². The van der Waals surface area contributed by atoms with Gasteiger partial charge in [0.05, 0.1) is 16.3 Å². The van der Waals surface area contributed by atoms with Gasteiger partial charge in [0.25, 0.3) is 0 Å². The van der Waals surface area contributed by atoms with Crippen molar-refractivity contribution in [2.24, 2.45) is 5.92 Å². The molecular formula is C24H29N3O4S2. The summed E-state index contributed by atoms with van der Waals surface area (Å²) in [7, 11) is -3.66. The van der Waals surface area contributed by atoms with Crippen molar-refractivity contribution in [3.8, 4) is 0 Å². The summed E-state index contributed by atoms with van der Waals surface area (Å²) in [5.41, 5.74) is 3.20. The lowest BCUT2D eigenvalue weighted by molar-refractivity contribution is -0.120. The van der Waals surface area contributed by atoms with Crippen molar-refractivity contribution < 1.29 is 18.0 Å². The average Bonchev–Trinajstić information content (AvgIpc) is 2.77. The zero-order valence-electron chi connectivity index (χ0n) is 19.1. The summed E-state index contributed by atoms with van der Waals surface area (Å²) >= 11 is 1.36. The summed E-state index contributed by atoms with van der Waals surface area (Å²) in [6.07, 6.45) is 1.67. The fourth-order valence-electron chi connectivity index (χ4n) is 4.18. The van der Waals surface area contributed by atoms with Crippen molar-refractivity contribution in [2.45, 2.75) is 43.4 Å². The molecule has 1 saturated heterocycles. The van der Waals surface area contributed by atoms with Gasteiger partial charge in [-0.25, -0.2) is 8.42 Å². The standard InChI is InChI=1S/C24H29N3O4S2/c1-16-8-10-26(11-9-16)33(30,31)19-5-7-22-21(13-19)27(24(29)15-32-22)14-23(28)25-20-6-4-17(2)12-18(20)3/h4-7,12-13,16H,8-11,14-15H2,1-3H3,(H,25,28). The molecule has 0 atom stereocenters. The van der Waals surface area contributed by atoms with Crippen LogP contribution in [0.2, 0.25) is 0 Å². The van der Waals surface area contributed by atoms with Gasteiger partial charge < -0.3 is 10.2 Å². The Morgan fingerprint density at radius 2 is 1.85 bits per heavy atom. The highest BCUT2D eigenvalue weighted by atomic mass is 32.2. The Labute approximate surface area is 199 Å². The molecule has 9 heteroatoms. The molecule has 4 rings (SSSR count). The number of amides is 2. The number of hydrogen-bond acceptors (Lipinski definition) is 5. The third-order valence-electron chi connectivity index (χ3n) is 6.21. The zero-order chi connectivity index (χ0) is 23.8. The Balaban J connectivity index is 1.57. The monoisotopic (exact) mass is 487 g/mol. The molecular weight excluding hydrogens is 458 g/mol. The van der Waals surface area contributed by atoms with Crippen LogP contribution in [-0.2, 0) is 19.6 Å². The molecule has 0 radical (unpaired) electrons. The van der Waals surface area contributed by atoms with Crippen LogP contribution >= 0.6 is 11.8 Å². The van der Waals surface area contributed by atoms with E-state index >= 15 is 0 Å². The highest BCUT2D eigenvalue weighted by Crippen LogP contribution is 2.37. The summed E-state index contributed by atoms with van der Waals surface area (Å²) in [5.74, 6) is 0.177. The fourth-order valence-corrected chi connectivity index (χ4v) is 6.58. The van der Waals surface area contributed by atoms with E-state index < -0.39 is 10.0 Å². The molecule has 0 unspecified atom stereocenters. The molecule has 2 aliphatic rings. The van der Waals surface area contributed by atoms with E-state index in [-0.39, 0.29) is 29.0 Å². The highest BCUT2D eigenvalue weighted by Gasteiger charge is 2.32. The van der Waals surface area contributed by atoms with Crippen LogP contribution in [0.1, 0.15) is 30.9 Å². The molecule has 2 amide bonds. The van der Waals surface area contributed by atoms with Crippen molar-refractivity contribution >= 4 is 45.0 Å². The van der Waals surface area contributed by atoms with Crippen LogP contribution in [0, 0.1) is 19.8 Å². The lowest BCUT2D eigenvalue weighted by atomic mass is 10.0. The molecule has 2 aromatic carbocycles. The maximum Gasteiger partial charge on any atom is 0.244 e. The van der Waals surface area contributed by atoms with Crippen molar-refractivity contribution in [2.75, 3.05) is 35.6 Å². The maximum absolute atomic E-state index is 13.2. The smallest absolute Gasteiger partial charge is 0.244 e. The third kappa shape index (κ3) is 5.10. The molecule has 0 aromatic heterocycles. The minimum absolute atomic E-state index is 0.158. The Hall–Kier alpha value is -2.36. The SMILES string of the molecule is Cc1ccc(NC(=O)CN2C(=O)CSc3ccc(S(=O)(=O)N4CCC(C)CC4)cc32)c(C)c1. The summed E-state index contributed by atoms with van der Waals surface area (Å²) in [6, 6.07) is 10.6. The van der Waals surface area contributed by atoms with Gasteiger partial charge in [-0.15, -0.1) is 11.8 Å². The summed E-state index contributed by atoms with van der Waals surface area (Å²) in [6.45, 7) is 6.85. The second-order valence-corrected chi connectivity index (χ2v) is 11.8. The van der Waals surface area contributed by atoms with Crippen LogP contribution in [0.4, 0.5) is 11.4 Å². The molecule has 176 valence electrons. The Kier molecular flexibility index (Phi) is 6.83. The van der Waals surface area contributed by atoms with Gasteiger partial charge in [-0.05, 0) is 62.4 Å². The van der Waals surface area contributed by atoms with Gasteiger partial charge >= 0.3 is 0 Å². The van der Waals surface area contributed by atoms with Crippen LogP contribution in [0.25, 0.3) is 0 Å². The number of anilines is 2. The molecule has 2 heterocycles. The fraction of sp³-hybridized carbons (Fsp3) is 0.417. The van der Waals surface area contributed by atoms with E-state index in [1.54, 1.807) is 12.1 Å². The number of thioether (sulfide) groups is 1. The topological polar surface area (TPSA) is 86.8 Å². The van der Waals surface area contributed by atoms with E-state index in [9.17, 15) is 18.0 Å². The number of sulfonamides is 1. The first kappa shape index (κ1) is 23.8. The van der Waals surface area contributed by atoms with Gasteiger partial charge in [-0.3, -0.25) is 9.59 Å². The number of nitrogens with one attached hydrogen (secondary N) is 1. The molecule has 2 aliphatic heterocycles. The molecule has 0 saturated carbocycles. The first-order valence-corrected chi connectivity index (χ1v) is 13.5. The quantitative estimate of drug-likeness (QED) is 0.693. The number of hydrogen-bond donors (Lipinski definition) is 1. The van der Waals surface area contributed by atoms with Crippen LogP contribution in [0.3, 0.4) is 0 Å². The summed E-state index contributed by atoms with van der Waals surface area (Å²) in [5, 5.41) is 2.87. The minimum Gasteiger partial charge on any atom is -0.324 e. The van der Waals surface area contributed by atoms with Gasteiger partial charge in [-0.1, -0.05) is 24.6 Å². The van der Waals surface area contributed by atoms with E-state index in [2.05, 4.69) is 12.2 Å². The number of carbonyl (C=O) groups excluding carboxylic acids is 2. The van der Waals surface area contributed by atoms with Gasteiger partial charge in [0.15, 0.2) is 0 Å². The van der Waals surface area contributed by atoms with E-state index in [0.29, 0.717) is 30.4 Å². The van der Waals surface area contributed by atoms with Gasteiger partial charge in [0.2, 0.25) is 21.8 Å². The average molecular weight is 488 g/mol. The van der Waals surface area contributed by atoms with Crippen LogP contribution in [0.5, 0.6) is 0 Å². The number of carbonyl (C=O) groups is 2. The van der Waals surface area contributed by atoms with E-state index in [1.165, 1.54) is 27.0 Å².